The van der Waals surface area contributed by atoms with Crippen molar-refractivity contribution in [3.63, 3.8) is 0 Å². The molecule has 0 bridgehead atoms. The molecule has 1 rings (SSSR count). The first-order chi connectivity index (χ1) is 8.11. The summed E-state index contributed by atoms with van der Waals surface area (Å²) in [5.74, 6) is -1.16. The maximum atomic E-state index is 12.8. The van der Waals surface area contributed by atoms with E-state index in [1.807, 2.05) is 0 Å². The van der Waals surface area contributed by atoms with Gasteiger partial charge in [-0.1, -0.05) is 12.1 Å². The van der Waals surface area contributed by atoms with Gasteiger partial charge in [-0.15, -0.1) is 0 Å². The topological polar surface area (TPSA) is 55.4 Å². The largest absolute Gasteiger partial charge is 0.456 e. The lowest BCUT2D eigenvalue weighted by atomic mass is 10.1. The minimum absolute atomic E-state index is 0.125. The number of carbonyl (C=O) groups excluding carboxylic acids is 2. The summed E-state index contributed by atoms with van der Waals surface area (Å²) in [6.07, 6.45) is 0.519. The first kappa shape index (κ1) is 13.2. The van der Waals surface area contributed by atoms with E-state index in [1.54, 1.807) is 12.1 Å². The Bertz CT molecular complexity index is 406. The number of likely N-dealkylation sites (N-methyl/N-ethyl adjacent to an activating group) is 1. The van der Waals surface area contributed by atoms with Crippen molar-refractivity contribution in [2.45, 2.75) is 12.8 Å². The summed E-state index contributed by atoms with van der Waals surface area (Å²) in [5.41, 5.74) is 0.724. The standard InChI is InChI=1S/C12H14FNO3/c1-14-11(15)8-17-12(16)6-5-9-3-2-4-10(13)7-9/h2-4,7H,5-6,8H2,1H3,(H,14,15). The third-order valence-electron chi connectivity index (χ3n) is 2.15. The van der Waals surface area contributed by atoms with Crippen LogP contribution in [-0.4, -0.2) is 25.5 Å². The highest BCUT2D eigenvalue weighted by Gasteiger charge is 2.06. The van der Waals surface area contributed by atoms with Crippen molar-refractivity contribution in [1.29, 1.82) is 0 Å². The second kappa shape index (κ2) is 6.62. The average molecular weight is 239 g/mol. The Kier molecular flexibility index (Phi) is 5.13. The van der Waals surface area contributed by atoms with Crippen LogP contribution in [0.4, 0.5) is 4.39 Å². The number of hydrogen-bond acceptors (Lipinski definition) is 3. The SMILES string of the molecule is CNC(=O)COC(=O)CCc1cccc(F)c1. The van der Waals surface area contributed by atoms with E-state index in [0.717, 1.165) is 5.56 Å². The third-order valence-corrected chi connectivity index (χ3v) is 2.15. The molecule has 0 spiro atoms. The molecule has 0 aliphatic rings. The molecule has 0 atom stereocenters. The van der Waals surface area contributed by atoms with E-state index < -0.39 is 5.97 Å². The lowest BCUT2D eigenvalue weighted by Crippen LogP contribution is -2.25. The Morgan fingerprint density at radius 2 is 2.18 bits per heavy atom. The van der Waals surface area contributed by atoms with Crippen LogP contribution in [0.3, 0.4) is 0 Å². The molecule has 0 unspecified atom stereocenters. The second-order valence-corrected chi connectivity index (χ2v) is 3.46. The van der Waals surface area contributed by atoms with Gasteiger partial charge in [0.2, 0.25) is 0 Å². The fourth-order valence-corrected chi connectivity index (χ4v) is 1.23. The van der Waals surface area contributed by atoms with E-state index in [4.69, 9.17) is 4.74 Å². The fraction of sp³-hybridized carbons (Fsp3) is 0.333. The molecule has 1 aromatic rings. The van der Waals surface area contributed by atoms with Crippen LogP contribution in [0.25, 0.3) is 0 Å². The molecule has 0 radical (unpaired) electrons. The summed E-state index contributed by atoms with van der Waals surface area (Å²) in [5, 5.41) is 2.34. The normalized spacial score (nSPS) is 9.76. The first-order valence-corrected chi connectivity index (χ1v) is 5.22. The molecule has 0 aliphatic carbocycles. The predicted molar refractivity (Wildman–Crippen MR) is 59.7 cm³/mol. The molecule has 0 heterocycles. The molecule has 1 amide bonds. The number of hydrogen-bond donors (Lipinski definition) is 1. The van der Waals surface area contributed by atoms with Gasteiger partial charge in [0, 0.05) is 13.5 Å². The molecule has 4 nitrogen and oxygen atoms in total. The summed E-state index contributed by atoms with van der Waals surface area (Å²) in [6, 6.07) is 6.02. The van der Waals surface area contributed by atoms with E-state index >= 15 is 0 Å². The van der Waals surface area contributed by atoms with Crippen molar-refractivity contribution in [3.05, 3.63) is 35.6 Å². The van der Waals surface area contributed by atoms with Gasteiger partial charge in [-0.2, -0.15) is 0 Å². The number of aryl methyl sites for hydroxylation is 1. The van der Waals surface area contributed by atoms with E-state index in [9.17, 15) is 14.0 Å². The van der Waals surface area contributed by atoms with Gasteiger partial charge in [0.25, 0.3) is 5.91 Å². The summed E-state index contributed by atoms with van der Waals surface area (Å²) in [4.78, 5) is 22.0. The smallest absolute Gasteiger partial charge is 0.306 e. The number of ether oxygens (including phenoxy) is 1. The van der Waals surface area contributed by atoms with Crippen LogP contribution < -0.4 is 5.32 Å². The zero-order valence-corrected chi connectivity index (χ0v) is 9.53. The number of nitrogens with one attached hydrogen (secondary N) is 1. The highest BCUT2D eigenvalue weighted by molar-refractivity contribution is 5.80. The molecule has 0 fully saturated rings. The van der Waals surface area contributed by atoms with Gasteiger partial charge in [-0.25, -0.2) is 4.39 Å². The number of rotatable bonds is 5. The van der Waals surface area contributed by atoms with Crippen LogP contribution in [-0.2, 0) is 20.7 Å². The van der Waals surface area contributed by atoms with Gasteiger partial charge in [-0.3, -0.25) is 9.59 Å². The number of carbonyl (C=O) groups is 2. The minimum atomic E-state index is -0.474. The van der Waals surface area contributed by atoms with Crippen LogP contribution in [0, 0.1) is 5.82 Å². The average Bonchev–Trinajstić information content (AvgIpc) is 2.33. The molecule has 0 aliphatic heterocycles. The molecular weight excluding hydrogens is 225 g/mol. The quantitative estimate of drug-likeness (QED) is 0.781. The lowest BCUT2D eigenvalue weighted by Gasteiger charge is -2.04. The summed E-state index contributed by atoms with van der Waals surface area (Å²) in [7, 11) is 1.46. The molecule has 92 valence electrons. The Morgan fingerprint density at radius 3 is 2.82 bits per heavy atom. The summed E-state index contributed by atoms with van der Waals surface area (Å²) >= 11 is 0. The molecule has 1 N–H and O–H groups in total. The van der Waals surface area contributed by atoms with Crippen molar-refractivity contribution in [1.82, 2.24) is 5.32 Å². The van der Waals surface area contributed by atoms with Crippen LogP contribution in [0.2, 0.25) is 0 Å². The van der Waals surface area contributed by atoms with E-state index in [1.165, 1.54) is 19.2 Å². The summed E-state index contributed by atoms with van der Waals surface area (Å²) in [6.45, 7) is -0.279. The van der Waals surface area contributed by atoms with Gasteiger partial charge < -0.3 is 10.1 Å². The molecule has 0 aromatic heterocycles. The molecule has 1 aromatic carbocycles. The van der Waals surface area contributed by atoms with Crippen LogP contribution in [0.1, 0.15) is 12.0 Å². The zero-order chi connectivity index (χ0) is 12.7. The Morgan fingerprint density at radius 1 is 1.41 bits per heavy atom. The highest BCUT2D eigenvalue weighted by atomic mass is 19.1. The van der Waals surface area contributed by atoms with Crippen molar-refractivity contribution in [3.8, 4) is 0 Å². The minimum Gasteiger partial charge on any atom is -0.456 e. The maximum absolute atomic E-state index is 12.8. The number of benzene rings is 1. The van der Waals surface area contributed by atoms with Crippen molar-refractivity contribution in [2.24, 2.45) is 0 Å². The predicted octanol–water partition coefficient (Wildman–Crippen LogP) is 1.05. The number of amides is 1. The Balaban J connectivity index is 2.31. The van der Waals surface area contributed by atoms with Gasteiger partial charge in [0.15, 0.2) is 6.61 Å². The molecule has 0 saturated heterocycles. The molecular formula is C12H14FNO3. The van der Waals surface area contributed by atoms with Crippen molar-refractivity contribution >= 4 is 11.9 Å². The highest BCUT2D eigenvalue weighted by Crippen LogP contribution is 2.06. The Hall–Kier alpha value is -1.91. The monoisotopic (exact) mass is 239 g/mol. The van der Waals surface area contributed by atoms with Crippen LogP contribution in [0.5, 0.6) is 0 Å². The van der Waals surface area contributed by atoms with Crippen LogP contribution in [0.15, 0.2) is 24.3 Å². The molecule has 5 heteroatoms. The third kappa shape index (κ3) is 5.10. The molecule has 0 saturated carbocycles. The van der Waals surface area contributed by atoms with Crippen molar-refractivity contribution < 1.29 is 18.7 Å². The second-order valence-electron chi connectivity index (χ2n) is 3.46. The number of esters is 1. The van der Waals surface area contributed by atoms with E-state index in [-0.39, 0.29) is 24.8 Å². The lowest BCUT2D eigenvalue weighted by molar-refractivity contribution is -0.148. The van der Waals surface area contributed by atoms with Crippen LogP contribution >= 0.6 is 0 Å². The van der Waals surface area contributed by atoms with E-state index in [0.29, 0.717) is 6.42 Å². The van der Waals surface area contributed by atoms with Gasteiger partial charge >= 0.3 is 5.97 Å². The van der Waals surface area contributed by atoms with Gasteiger partial charge in [-0.05, 0) is 24.1 Å². The molecule has 17 heavy (non-hydrogen) atoms. The maximum Gasteiger partial charge on any atom is 0.306 e. The first-order valence-electron chi connectivity index (χ1n) is 5.22. The fourth-order valence-electron chi connectivity index (χ4n) is 1.23. The van der Waals surface area contributed by atoms with Crippen molar-refractivity contribution in [2.75, 3.05) is 13.7 Å². The van der Waals surface area contributed by atoms with E-state index in [2.05, 4.69) is 5.32 Å². The Labute approximate surface area is 98.8 Å². The summed E-state index contributed by atoms with van der Waals surface area (Å²) < 4.78 is 17.5. The number of halogens is 1. The van der Waals surface area contributed by atoms with Gasteiger partial charge in [0.1, 0.15) is 5.82 Å². The zero-order valence-electron chi connectivity index (χ0n) is 9.53. The van der Waals surface area contributed by atoms with Gasteiger partial charge in [0.05, 0.1) is 0 Å².